The summed E-state index contributed by atoms with van der Waals surface area (Å²) in [4.78, 5) is 21.0. The molecule has 5 nitrogen and oxygen atoms in total. The number of hydrogen-bond donors (Lipinski definition) is 1. The fourth-order valence-electron chi connectivity index (χ4n) is 3.20. The van der Waals surface area contributed by atoms with Crippen LogP contribution in [-0.4, -0.2) is 41.6 Å². The Bertz CT molecular complexity index is 763. The van der Waals surface area contributed by atoms with E-state index >= 15 is 0 Å². The Morgan fingerprint density at radius 2 is 1.96 bits per heavy atom. The average molecular weight is 373 g/mol. The number of hydrogen-bond acceptors (Lipinski definition) is 3. The molecule has 1 N–H and O–H groups in total. The van der Waals surface area contributed by atoms with Gasteiger partial charge < -0.3 is 15.1 Å². The number of nitrogens with one attached hydrogen (secondary N) is 1. The van der Waals surface area contributed by atoms with Crippen molar-refractivity contribution in [1.82, 2.24) is 9.88 Å². The lowest BCUT2D eigenvalue weighted by molar-refractivity contribution is 0.200. The van der Waals surface area contributed by atoms with Crippen LogP contribution in [0.4, 0.5) is 16.3 Å². The molecule has 2 aromatic rings. The molecule has 2 heterocycles. The third kappa shape index (κ3) is 4.10. The van der Waals surface area contributed by atoms with Crippen LogP contribution in [0.25, 0.3) is 0 Å². The van der Waals surface area contributed by atoms with Crippen molar-refractivity contribution in [1.29, 1.82) is 0 Å². The predicted octanol–water partition coefficient (Wildman–Crippen LogP) is 4.60. The number of piperazine rings is 1. The van der Waals surface area contributed by atoms with Crippen LogP contribution in [0.15, 0.2) is 42.6 Å². The van der Waals surface area contributed by atoms with Crippen LogP contribution in [0.2, 0.25) is 5.02 Å². The molecule has 0 bridgehead atoms. The Morgan fingerprint density at radius 1 is 1.23 bits per heavy atom. The third-order valence-electron chi connectivity index (χ3n) is 4.75. The molecule has 1 aromatic heterocycles. The van der Waals surface area contributed by atoms with Gasteiger partial charge >= 0.3 is 6.03 Å². The average Bonchev–Trinajstić information content (AvgIpc) is 2.63. The van der Waals surface area contributed by atoms with E-state index in [9.17, 15) is 4.79 Å². The zero-order valence-electron chi connectivity index (χ0n) is 15.4. The number of nitrogens with zero attached hydrogens (tertiary/aromatic N) is 3. The van der Waals surface area contributed by atoms with E-state index in [0.29, 0.717) is 30.6 Å². The van der Waals surface area contributed by atoms with Crippen molar-refractivity contribution in [3.8, 4) is 0 Å². The molecule has 3 rings (SSSR count). The number of benzene rings is 1. The maximum atomic E-state index is 12.6. The molecular formula is C20H25ClN4O. The van der Waals surface area contributed by atoms with Gasteiger partial charge in [0.15, 0.2) is 0 Å². The van der Waals surface area contributed by atoms with Crippen LogP contribution in [-0.2, 0) is 0 Å². The summed E-state index contributed by atoms with van der Waals surface area (Å²) < 4.78 is 0. The lowest BCUT2D eigenvalue weighted by Crippen LogP contribution is -2.55. The molecule has 0 aliphatic carbocycles. The lowest BCUT2D eigenvalue weighted by Gasteiger charge is -2.40. The van der Waals surface area contributed by atoms with E-state index in [1.54, 1.807) is 6.20 Å². The van der Waals surface area contributed by atoms with Gasteiger partial charge in [-0.15, -0.1) is 0 Å². The number of carbonyl (C=O) groups is 1. The summed E-state index contributed by atoms with van der Waals surface area (Å²) in [7, 11) is 0. The normalized spacial score (nSPS) is 17.5. The molecule has 1 aromatic carbocycles. The maximum Gasteiger partial charge on any atom is 0.321 e. The highest BCUT2D eigenvalue weighted by atomic mass is 35.5. The summed E-state index contributed by atoms with van der Waals surface area (Å²) in [5.74, 6) is 1.26. The molecule has 138 valence electrons. The van der Waals surface area contributed by atoms with Crippen molar-refractivity contribution >= 4 is 29.1 Å². The Morgan fingerprint density at radius 3 is 2.58 bits per heavy atom. The predicted molar refractivity (Wildman–Crippen MR) is 107 cm³/mol. The highest BCUT2D eigenvalue weighted by Crippen LogP contribution is 2.26. The minimum absolute atomic E-state index is 0.0686. The standard InChI is InChI=1S/C20H25ClN4O/c1-14(2)16-6-8-17(9-7-16)23-20(26)24-11-12-25(15(3)13-24)19-18(21)5-4-10-22-19/h4-10,14-15H,11-13H2,1-3H3,(H,23,26). The van der Waals surface area contributed by atoms with Crippen molar-refractivity contribution in [2.75, 3.05) is 29.9 Å². The SMILES string of the molecule is CC(C)c1ccc(NC(=O)N2CCN(c3ncccc3Cl)C(C)C2)cc1. The van der Waals surface area contributed by atoms with Gasteiger partial charge in [-0.25, -0.2) is 9.78 Å². The van der Waals surface area contributed by atoms with Gasteiger partial charge in [0.05, 0.1) is 5.02 Å². The first-order chi connectivity index (χ1) is 12.5. The highest BCUT2D eigenvalue weighted by molar-refractivity contribution is 6.32. The number of anilines is 2. The van der Waals surface area contributed by atoms with Gasteiger partial charge in [0.2, 0.25) is 0 Å². The van der Waals surface area contributed by atoms with E-state index in [1.807, 2.05) is 29.2 Å². The smallest absolute Gasteiger partial charge is 0.321 e. The summed E-state index contributed by atoms with van der Waals surface area (Å²) in [6, 6.07) is 11.8. The summed E-state index contributed by atoms with van der Waals surface area (Å²) in [5, 5.41) is 3.63. The van der Waals surface area contributed by atoms with Gasteiger partial charge in [-0.3, -0.25) is 0 Å². The van der Waals surface area contributed by atoms with E-state index < -0.39 is 0 Å². The van der Waals surface area contributed by atoms with Crippen LogP contribution >= 0.6 is 11.6 Å². The van der Waals surface area contributed by atoms with Crippen molar-refractivity contribution in [2.45, 2.75) is 32.7 Å². The second kappa shape index (κ2) is 7.96. The molecule has 1 aliphatic rings. The Balaban J connectivity index is 1.61. The van der Waals surface area contributed by atoms with E-state index in [-0.39, 0.29) is 12.1 Å². The molecule has 1 saturated heterocycles. The van der Waals surface area contributed by atoms with Crippen LogP contribution in [0.1, 0.15) is 32.3 Å². The van der Waals surface area contributed by atoms with Crippen molar-refractivity contribution in [3.63, 3.8) is 0 Å². The summed E-state index contributed by atoms with van der Waals surface area (Å²) in [6.45, 7) is 8.36. The van der Waals surface area contributed by atoms with Gasteiger partial charge in [-0.05, 0) is 42.7 Å². The number of carbonyl (C=O) groups excluding carboxylic acids is 1. The number of halogens is 1. The molecule has 2 amide bonds. The van der Waals surface area contributed by atoms with Crippen LogP contribution in [0.3, 0.4) is 0 Å². The molecule has 0 radical (unpaired) electrons. The molecular weight excluding hydrogens is 348 g/mol. The summed E-state index contributed by atoms with van der Waals surface area (Å²) in [6.07, 6.45) is 1.74. The topological polar surface area (TPSA) is 48.5 Å². The minimum Gasteiger partial charge on any atom is -0.349 e. The van der Waals surface area contributed by atoms with Gasteiger partial charge in [-0.1, -0.05) is 37.6 Å². The molecule has 0 saturated carbocycles. The fourth-order valence-corrected chi connectivity index (χ4v) is 3.43. The van der Waals surface area contributed by atoms with E-state index in [0.717, 1.165) is 11.5 Å². The molecule has 6 heteroatoms. The van der Waals surface area contributed by atoms with E-state index in [4.69, 9.17) is 11.6 Å². The van der Waals surface area contributed by atoms with Crippen LogP contribution in [0.5, 0.6) is 0 Å². The van der Waals surface area contributed by atoms with Gasteiger partial charge in [-0.2, -0.15) is 0 Å². The van der Waals surface area contributed by atoms with Crippen molar-refractivity contribution in [3.05, 3.63) is 53.2 Å². The molecule has 0 spiro atoms. The first-order valence-electron chi connectivity index (χ1n) is 8.98. The van der Waals surface area contributed by atoms with Crippen molar-refractivity contribution in [2.24, 2.45) is 0 Å². The monoisotopic (exact) mass is 372 g/mol. The summed E-state index contributed by atoms with van der Waals surface area (Å²) >= 11 is 6.27. The van der Waals surface area contributed by atoms with E-state index in [1.165, 1.54) is 5.56 Å². The van der Waals surface area contributed by atoms with Gasteiger partial charge in [0.25, 0.3) is 0 Å². The van der Waals surface area contributed by atoms with Gasteiger partial charge in [0.1, 0.15) is 5.82 Å². The number of pyridine rings is 1. The van der Waals surface area contributed by atoms with Gasteiger partial charge in [0, 0.05) is 37.6 Å². The third-order valence-corrected chi connectivity index (χ3v) is 5.05. The van der Waals surface area contributed by atoms with E-state index in [2.05, 4.69) is 48.1 Å². The zero-order valence-corrected chi connectivity index (χ0v) is 16.2. The second-order valence-electron chi connectivity index (χ2n) is 7.00. The molecule has 26 heavy (non-hydrogen) atoms. The maximum absolute atomic E-state index is 12.6. The van der Waals surface area contributed by atoms with Crippen LogP contribution < -0.4 is 10.2 Å². The number of aromatic nitrogens is 1. The first-order valence-corrected chi connectivity index (χ1v) is 9.36. The highest BCUT2D eigenvalue weighted by Gasteiger charge is 2.28. The quantitative estimate of drug-likeness (QED) is 0.856. The minimum atomic E-state index is -0.0686. The number of rotatable bonds is 3. The zero-order chi connectivity index (χ0) is 18.7. The number of urea groups is 1. The fraction of sp³-hybridized carbons (Fsp3) is 0.400. The lowest BCUT2D eigenvalue weighted by atomic mass is 10.0. The first kappa shape index (κ1) is 18.5. The molecule has 1 atom stereocenters. The molecule has 1 unspecified atom stereocenters. The van der Waals surface area contributed by atoms with Crippen LogP contribution in [0, 0.1) is 0 Å². The Hall–Kier alpha value is -2.27. The van der Waals surface area contributed by atoms with Crippen molar-refractivity contribution < 1.29 is 4.79 Å². The number of amides is 2. The largest absolute Gasteiger partial charge is 0.349 e. The Kier molecular flexibility index (Phi) is 5.67. The summed E-state index contributed by atoms with van der Waals surface area (Å²) in [5.41, 5.74) is 2.08. The molecule has 1 aliphatic heterocycles. The Labute approximate surface area is 160 Å². The second-order valence-corrected chi connectivity index (χ2v) is 7.41. The molecule has 1 fully saturated rings.